The average Bonchev–Trinajstić information content (AvgIpc) is 2.93. The summed E-state index contributed by atoms with van der Waals surface area (Å²) in [6, 6.07) is 8.90. The summed E-state index contributed by atoms with van der Waals surface area (Å²) < 4.78 is 3.45. The molecule has 5 heteroatoms. The first-order valence-corrected chi connectivity index (χ1v) is 9.06. The van der Waals surface area contributed by atoms with Gasteiger partial charge in [-0.25, -0.2) is 0 Å². The lowest BCUT2D eigenvalue weighted by molar-refractivity contribution is 0.339. The molecule has 0 radical (unpaired) electrons. The monoisotopic (exact) mass is 351 g/mol. The van der Waals surface area contributed by atoms with E-state index in [2.05, 4.69) is 61.2 Å². The van der Waals surface area contributed by atoms with Crippen molar-refractivity contribution in [1.29, 1.82) is 0 Å². The highest BCUT2D eigenvalue weighted by Gasteiger charge is 2.23. The predicted molar refractivity (Wildman–Crippen MR) is 87.1 cm³/mol. The van der Waals surface area contributed by atoms with Gasteiger partial charge < -0.3 is 0 Å². The van der Waals surface area contributed by atoms with Crippen molar-refractivity contribution in [1.82, 2.24) is 14.8 Å². The zero-order valence-electron chi connectivity index (χ0n) is 11.6. The van der Waals surface area contributed by atoms with Gasteiger partial charge in [0.05, 0.1) is 0 Å². The Balaban J connectivity index is 2.02. The molecule has 0 spiro atoms. The van der Waals surface area contributed by atoms with Gasteiger partial charge in [-0.15, -0.1) is 10.2 Å². The first kappa shape index (κ1) is 14.1. The quantitative estimate of drug-likeness (QED) is 0.734. The lowest BCUT2D eigenvalue weighted by Gasteiger charge is -2.25. The van der Waals surface area contributed by atoms with Crippen molar-refractivity contribution >= 4 is 27.7 Å². The molecule has 0 saturated heterocycles. The summed E-state index contributed by atoms with van der Waals surface area (Å²) in [6.45, 7) is 0. The van der Waals surface area contributed by atoms with E-state index in [1.165, 1.54) is 32.1 Å². The van der Waals surface area contributed by atoms with Crippen molar-refractivity contribution in [3.63, 3.8) is 0 Å². The number of benzene rings is 1. The highest BCUT2D eigenvalue weighted by molar-refractivity contribution is 9.10. The van der Waals surface area contributed by atoms with Crippen LogP contribution < -0.4 is 0 Å². The predicted octanol–water partition coefficient (Wildman–Crippen LogP) is 4.93. The smallest absolute Gasteiger partial charge is 0.191 e. The van der Waals surface area contributed by atoms with E-state index in [1.54, 1.807) is 11.8 Å². The first-order valence-electron chi connectivity index (χ1n) is 7.04. The molecule has 1 saturated carbocycles. The number of aromatic nitrogens is 3. The molecule has 20 heavy (non-hydrogen) atoms. The van der Waals surface area contributed by atoms with Crippen LogP contribution in [-0.2, 0) is 0 Å². The van der Waals surface area contributed by atoms with Gasteiger partial charge in [0.25, 0.3) is 0 Å². The second kappa shape index (κ2) is 6.31. The largest absolute Gasteiger partial charge is 0.299 e. The Labute approximate surface area is 132 Å². The van der Waals surface area contributed by atoms with Crippen LogP contribution in [0.5, 0.6) is 0 Å². The zero-order valence-corrected chi connectivity index (χ0v) is 14.0. The van der Waals surface area contributed by atoms with E-state index < -0.39 is 0 Å². The van der Waals surface area contributed by atoms with Crippen LogP contribution in [0.2, 0.25) is 0 Å². The van der Waals surface area contributed by atoms with E-state index in [9.17, 15) is 0 Å². The maximum absolute atomic E-state index is 4.44. The fourth-order valence-electron chi connectivity index (χ4n) is 2.88. The Morgan fingerprint density at radius 2 is 1.80 bits per heavy atom. The average molecular weight is 352 g/mol. The third kappa shape index (κ3) is 2.79. The van der Waals surface area contributed by atoms with Gasteiger partial charge in [-0.05, 0) is 31.2 Å². The normalized spacial score (nSPS) is 16.5. The molecule has 3 rings (SSSR count). The number of hydrogen-bond acceptors (Lipinski definition) is 3. The fourth-order valence-corrected chi connectivity index (χ4v) is 3.70. The topological polar surface area (TPSA) is 30.7 Å². The van der Waals surface area contributed by atoms with E-state index in [0.717, 1.165) is 21.0 Å². The van der Waals surface area contributed by atoms with Crippen LogP contribution in [0.3, 0.4) is 0 Å². The van der Waals surface area contributed by atoms with Crippen LogP contribution in [0, 0.1) is 0 Å². The minimum absolute atomic E-state index is 0.555. The molecule has 1 aromatic carbocycles. The lowest BCUT2D eigenvalue weighted by Crippen LogP contribution is -2.15. The SMILES string of the molecule is CSc1nnc(-c2ccc(Br)cc2)n1C1CCCCC1. The van der Waals surface area contributed by atoms with Gasteiger partial charge in [0.2, 0.25) is 0 Å². The van der Waals surface area contributed by atoms with Crippen LogP contribution in [0.4, 0.5) is 0 Å². The molecule has 106 valence electrons. The van der Waals surface area contributed by atoms with E-state index in [4.69, 9.17) is 0 Å². The van der Waals surface area contributed by atoms with Gasteiger partial charge in [0.15, 0.2) is 11.0 Å². The van der Waals surface area contributed by atoms with Gasteiger partial charge >= 0.3 is 0 Å². The second-order valence-electron chi connectivity index (χ2n) is 5.18. The summed E-state index contributed by atoms with van der Waals surface area (Å²) in [6.07, 6.45) is 8.56. The van der Waals surface area contributed by atoms with Gasteiger partial charge in [-0.3, -0.25) is 4.57 Å². The Bertz CT molecular complexity index is 573. The van der Waals surface area contributed by atoms with Crippen LogP contribution >= 0.6 is 27.7 Å². The van der Waals surface area contributed by atoms with Gasteiger partial charge in [0, 0.05) is 16.1 Å². The summed E-state index contributed by atoms with van der Waals surface area (Å²) in [5.74, 6) is 1.01. The Morgan fingerprint density at radius 1 is 1.10 bits per heavy atom. The van der Waals surface area contributed by atoms with E-state index in [-0.39, 0.29) is 0 Å². The lowest BCUT2D eigenvalue weighted by atomic mass is 9.95. The van der Waals surface area contributed by atoms with Crippen molar-refractivity contribution in [3.8, 4) is 11.4 Å². The molecular formula is C15H18BrN3S. The molecule has 3 nitrogen and oxygen atoms in total. The molecule has 1 heterocycles. The molecule has 0 aliphatic heterocycles. The summed E-state index contributed by atoms with van der Waals surface area (Å²) in [5.41, 5.74) is 1.14. The second-order valence-corrected chi connectivity index (χ2v) is 6.87. The maximum Gasteiger partial charge on any atom is 0.191 e. The molecule has 0 N–H and O–H groups in total. The maximum atomic E-state index is 4.44. The highest BCUT2D eigenvalue weighted by atomic mass is 79.9. The van der Waals surface area contributed by atoms with E-state index in [1.807, 2.05) is 0 Å². The Hall–Kier alpha value is -0.810. The Morgan fingerprint density at radius 3 is 2.45 bits per heavy atom. The zero-order chi connectivity index (χ0) is 13.9. The van der Waals surface area contributed by atoms with E-state index >= 15 is 0 Å². The minimum atomic E-state index is 0.555. The summed E-state index contributed by atoms with van der Waals surface area (Å²) in [7, 11) is 0. The Kier molecular flexibility index (Phi) is 4.46. The van der Waals surface area contributed by atoms with Crippen molar-refractivity contribution in [2.75, 3.05) is 6.26 Å². The summed E-state index contributed by atoms with van der Waals surface area (Å²) in [5, 5.41) is 9.85. The number of thioether (sulfide) groups is 1. The molecule has 1 aliphatic carbocycles. The van der Waals surface area contributed by atoms with Crippen LogP contribution in [0.25, 0.3) is 11.4 Å². The molecule has 0 unspecified atom stereocenters. The van der Waals surface area contributed by atoms with Gasteiger partial charge in [-0.2, -0.15) is 0 Å². The standard InChI is InChI=1S/C15H18BrN3S/c1-20-15-18-17-14(11-7-9-12(16)10-8-11)19(15)13-5-3-2-4-6-13/h7-10,13H,2-6H2,1H3. The molecule has 1 aromatic heterocycles. The van der Waals surface area contributed by atoms with Crippen molar-refractivity contribution in [3.05, 3.63) is 28.7 Å². The van der Waals surface area contributed by atoms with Gasteiger partial charge in [0.1, 0.15) is 0 Å². The van der Waals surface area contributed by atoms with Crippen LogP contribution in [-0.4, -0.2) is 21.0 Å². The van der Waals surface area contributed by atoms with Crippen molar-refractivity contribution in [2.24, 2.45) is 0 Å². The minimum Gasteiger partial charge on any atom is -0.299 e. The number of rotatable bonds is 3. The number of hydrogen-bond donors (Lipinski definition) is 0. The molecule has 1 aliphatic rings. The molecule has 0 amide bonds. The summed E-state index contributed by atoms with van der Waals surface area (Å²) in [4.78, 5) is 0. The third-order valence-corrected chi connectivity index (χ3v) is 5.06. The van der Waals surface area contributed by atoms with Crippen molar-refractivity contribution in [2.45, 2.75) is 43.3 Å². The van der Waals surface area contributed by atoms with Crippen LogP contribution in [0.15, 0.2) is 33.9 Å². The van der Waals surface area contributed by atoms with Crippen LogP contribution in [0.1, 0.15) is 38.1 Å². The molecule has 0 atom stereocenters. The van der Waals surface area contributed by atoms with E-state index in [0.29, 0.717) is 6.04 Å². The van der Waals surface area contributed by atoms with Gasteiger partial charge in [-0.1, -0.05) is 59.1 Å². The number of nitrogens with zero attached hydrogens (tertiary/aromatic N) is 3. The number of halogens is 1. The molecule has 2 aromatic rings. The molecular weight excluding hydrogens is 334 g/mol. The molecule has 1 fully saturated rings. The summed E-state index contributed by atoms with van der Waals surface area (Å²) >= 11 is 5.17. The molecule has 0 bridgehead atoms. The first-order chi connectivity index (χ1) is 9.79. The third-order valence-electron chi connectivity index (χ3n) is 3.89. The van der Waals surface area contributed by atoms with Crippen molar-refractivity contribution < 1.29 is 0 Å². The fraction of sp³-hybridized carbons (Fsp3) is 0.467. The highest BCUT2D eigenvalue weighted by Crippen LogP contribution is 2.35.